The van der Waals surface area contributed by atoms with Crippen molar-refractivity contribution in [3.05, 3.63) is 12.4 Å². The summed E-state index contributed by atoms with van der Waals surface area (Å²) in [7, 11) is 1.74. The van der Waals surface area contributed by atoms with Crippen LogP contribution in [0.15, 0.2) is 12.4 Å². The Kier molecular flexibility index (Phi) is 6.21. The number of rotatable bonds is 8. The van der Waals surface area contributed by atoms with Crippen molar-refractivity contribution >= 4 is 5.95 Å². The smallest absolute Gasteiger partial charge is 0.202 e. The zero-order valence-corrected chi connectivity index (χ0v) is 12.1. The molecule has 1 aromatic rings. The van der Waals surface area contributed by atoms with Crippen molar-refractivity contribution in [2.45, 2.75) is 51.5 Å². The third kappa shape index (κ3) is 4.86. The van der Waals surface area contributed by atoms with Crippen molar-refractivity contribution in [1.82, 2.24) is 9.55 Å². The summed E-state index contributed by atoms with van der Waals surface area (Å²) in [6.45, 7) is 2.82. The van der Waals surface area contributed by atoms with Gasteiger partial charge in [-0.05, 0) is 18.8 Å². The normalized spacial score (nSPS) is 16.7. The lowest BCUT2D eigenvalue weighted by Crippen LogP contribution is -2.13. The number of hydrogen-bond acceptors (Lipinski definition) is 3. The lowest BCUT2D eigenvalue weighted by Gasteiger charge is -2.21. The lowest BCUT2D eigenvalue weighted by molar-refractivity contribution is 0.197. The Hall–Kier alpha value is -1.03. The summed E-state index contributed by atoms with van der Waals surface area (Å²) < 4.78 is 7.30. The molecule has 19 heavy (non-hydrogen) atoms. The van der Waals surface area contributed by atoms with Gasteiger partial charge in [-0.1, -0.05) is 32.1 Å². The minimum absolute atomic E-state index is 0.801. The number of ether oxygens (including phenoxy) is 1. The predicted octanol–water partition coefficient (Wildman–Crippen LogP) is 3.30. The lowest BCUT2D eigenvalue weighted by atomic mass is 9.87. The molecule has 0 atom stereocenters. The first-order valence-corrected chi connectivity index (χ1v) is 7.64. The first-order valence-electron chi connectivity index (χ1n) is 7.64. The molecule has 4 heteroatoms. The molecule has 1 aliphatic carbocycles. The van der Waals surface area contributed by atoms with Gasteiger partial charge in [0.1, 0.15) is 0 Å². The third-order valence-corrected chi connectivity index (χ3v) is 4.03. The van der Waals surface area contributed by atoms with E-state index in [9.17, 15) is 0 Å². The van der Waals surface area contributed by atoms with Crippen LogP contribution in [0.3, 0.4) is 0 Å². The molecule has 108 valence electrons. The molecule has 0 aliphatic heterocycles. The molecule has 1 fully saturated rings. The topological polar surface area (TPSA) is 39.1 Å². The van der Waals surface area contributed by atoms with Crippen molar-refractivity contribution in [3.63, 3.8) is 0 Å². The van der Waals surface area contributed by atoms with Gasteiger partial charge in [-0.3, -0.25) is 0 Å². The first-order chi connectivity index (χ1) is 9.40. The number of methoxy groups -OCH3 is 1. The van der Waals surface area contributed by atoms with Gasteiger partial charge < -0.3 is 14.6 Å². The van der Waals surface area contributed by atoms with E-state index in [-0.39, 0.29) is 0 Å². The highest BCUT2D eigenvalue weighted by molar-refractivity contribution is 5.25. The summed E-state index contributed by atoms with van der Waals surface area (Å²) in [5.74, 6) is 1.93. The number of aryl methyl sites for hydroxylation is 1. The molecular weight excluding hydrogens is 238 g/mol. The van der Waals surface area contributed by atoms with Crippen molar-refractivity contribution in [2.24, 2.45) is 5.92 Å². The van der Waals surface area contributed by atoms with Crippen LogP contribution in [-0.4, -0.2) is 29.8 Å². The minimum Gasteiger partial charge on any atom is -0.385 e. The number of anilines is 1. The van der Waals surface area contributed by atoms with E-state index in [2.05, 4.69) is 21.1 Å². The van der Waals surface area contributed by atoms with E-state index in [0.717, 1.165) is 38.0 Å². The summed E-state index contributed by atoms with van der Waals surface area (Å²) in [5, 5.41) is 3.39. The minimum atomic E-state index is 0.801. The van der Waals surface area contributed by atoms with Crippen molar-refractivity contribution < 1.29 is 4.74 Å². The average Bonchev–Trinajstić information content (AvgIpc) is 2.90. The Morgan fingerprint density at radius 1 is 1.37 bits per heavy atom. The first kappa shape index (κ1) is 14.4. The van der Waals surface area contributed by atoms with Gasteiger partial charge in [0.2, 0.25) is 5.95 Å². The predicted molar refractivity (Wildman–Crippen MR) is 78.4 cm³/mol. The molecule has 4 nitrogen and oxygen atoms in total. The van der Waals surface area contributed by atoms with Crippen molar-refractivity contribution in [3.8, 4) is 0 Å². The van der Waals surface area contributed by atoms with Gasteiger partial charge in [0, 0.05) is 39.2 Å². The molecule has 0 radical (unpaired) electrons. The van der Waals surface area contributed by atoms with Gasteiger partial charge in [-0.2, -0.15) is 0 Å². The van der Waals surface area contributed by atoms with Crippen LogP contribution in [0.25, 0.3) is 0 Å². The van der Waals surface area contributed by atoms with Crippen LogP contribution in [0.2, 0.25) is 0 Å². The molecule has 1 heterocycles. The molecule has 0 aromatic carbocycles. The molecule has 2 rings (SSSR count). The van der Waals surface area contributed by atoms with E-state index >= 15 is 0 Å². The van der Waals surface area contributed by atoms with Crippen LogP contribution in [0, 0.1) is 5.92 Å². The van der Waals surface area contributed by atoms with Crippen LogP contribution in [0.1, 0.15) is 44.9 Å². The number of hydrogen-bond donors (Lipinski definition) is 1. The fraction of sp³-hybridized carbons (Fsp3) is 0.800. The maximum absolute atomic E-state index is 5.05. The van der Waals surface area contributed by atoms with Gasteiger partial charge in [0.05, 0.1) is 0 Å². The van der Waals surface area contributed by atoms with Crippen LogP contribution in [0.4, 0.5) is 5.95 Å². The van der Waals surface area contributed by atoms with Gasteiger partial charge in [-0.25, -0.2) is 4.98 Å². The zero-order chi connectivity index (χ0) is 13.3. The molecule has 1 aromatic heterocycles. The highest BCUT2D eigenvalue weighted by Crippen LogP contribution is 2.27. The SMILES string of the molecule is COCCCNc1nccn1CCC1CCCCC1. The molecule has 0 amide bonds. The third-order valence-electron chi connectivity index (χ3n) is 4.03. The Morgan fingerprint density at radius 2 is 2.21 bits per heavy atom. The Balaban J connectivity index is 1.72. The molecule has 0 bridgehead atoms. The number of nitrogens with one attached hydrogen (secondary N) is 1. The van der Waals surface area contributed by atoms with E-state index < -0.39 is 0 Å². The van der Waals surface area contributed by atoms with Gasteiger partial charge in [0.25, 0.3) is 0 Å². The summed E-state index contributed by atoms with van der Waals surface area (Å²) in [5.41, 5.74) is 0. The van der Waals surface area contributed by atoms with E-state index in [1.165, 1.54) is 38.5 Å². The van der Waals surface area contributed by atoms with E-state index in [0.29, 0.717) is 0 Å². The molecule has 0 saturated heterocycles. The van der Waals surface area contributed by atoms with Crippen molar-refractivity contribution in [1.29, 1.82) is 0 Å². The molecule has 1 aliphatic rings. The summed E-state index contributed by atoms with van der Waals surface area (Å²) in [6, 6.07) is 0. The van der Waals surface area contributed by atoms with Crippen molar-refractivity contribution in [2.75, 3.05) is 25.6 Å². The van der Waals surface area contributed by atoms with Crippen LogP contribution in [-0.2, 0) is 11.3 Å². The largest absolute Gasteiger partial charge is 0.385 e. The molecule has 0 spiro atoms. The summed E-state index contributed by atoms with van der Waals surface area (Å²) in [4.78, 5) is 4.39. The quantitative estimate of drug-likeness (QED) is 0.733. The van der Waals surface area contributed by atoms with E-state index in [1.54, 1.807) is 7.11 Å². The number of imidazole rings is 1. The standard InChI is InChI=1S/C15H27N3O/c1-19-13-5-9-16-15-17-10-12-18(15)11-8-14-6-3-2-4-7-14/h10,12,14H,2-9,11,13H2,1H3,(H,16,17). The van der Waals surface area contributed by atoms with Gasteiger partial charge in [-0.15, -0.1) is 0 Å². The van der Waals surface area contributed by atoms with Crippen LogP contribution < -0.4 is 5.32 Å². The average molecular weight is 265 g/mol. The Labute approximate surface area is 116 Å². The monoisotopic (exact) mass is 265 g/mol. The maximum Gasteiger partial charge on any atom is 0.202 e. The molecule has 1 N–H and O–H groups in total. The van der Waals surface area contributed by atoms with E-state index in [4.69, 9.17) is 4.74 Å². The van der Waals surface area contributed by atoms with Crippen LogP contribution in [0.5, 0.6) is 0 Å². The number of aromatic nitrogens is 2. The fourth-order valence-corrected chi connectivity index (χ4v) is 2.87. The summed E-state index contributed by atoms with van der Waals surface area (Å²) >= 11 is 0. The van der Waals surface area contributed by atoms with E-state index in [1.807, 2.05) is 6.20 Å². The Bertz CT molecular complexity index is 345. The number of nitrogens with zero attached hydrogens (tertiary/aromatic N) is 2. The Morgan fingerprint density at radius 3 is 3.00 bits per heavy atom. The molecule has 1 saturated carbocycles. The van der Waals surface area contributed by atoms with Gasteiger partial charge in [0.15, 0.2) is 0 Å². The second kappa shape index (κ2) is 8.20. The highest BCUT2D eigenvalue weighted by Gasteiger charge is 2.13. The van der Waals surface area contributed by atoms with Gasteiger partial charge >= 0.3 is 0 Å². The fourth-order valence-electron chi connectivity index (χ4n) is 2.87. The van der Waals surface area contributed by atoms with Crippen LogP contribution >= 0.6 is 0 Å². The molecular formula is C15H27N3O. The zero-order valence-electron chi connectivity index (χ0n) is 12.1. The molecule has 0 unspecified atom stereocenters. The highest BCUT2D eigenvalue weighted by atomic mass is 16.5. The maximum atomic E-state index is 5.05. The second-order valence-corrected chi connectivity index (χ2v) is 5.51. The second-order valence-electron chi connectivity index (χ2n) is 5.51. The summed E-state index contributed by atoms with van der Waals surface area (Å²) in [6.07, 6.45) is 13.4.